The lowest BCUT2D eigenvalue weighted by Crippen LogP contribution is -1.89. The lowest BCUT2D eigenvalue weighted by atomic mass is 10.0. The molecule has 0 bridgehead atoms. The van der Waals surface area contributed by atoms with Gasteiger partial charge in [0.05, 0.1) is 0 Å². The van der Waals surface area contributed by atoms with Crippen LogP contribution in [-0.4, -0.2) is 5.78 Å². The van der Waals surface area contributed by atoms with E-state index in [2.05, 4.69) is 13.8 Å². The van der Waals surface area contributed by atoms with Crippen molar-refractivity contribution in [3.8, 4) is 0 Å². The summed E-state index contributed by atoms with van der Waals surface area (Å²) in [5.41, 5.74) is 0. The van der Waals surface area contributed by atoms with Crippen molar-refractivity contribution in [3.05, 3.63) is 0 Å². The van der Waals surface area contributed by atoms with E-state index in [9.17, 15) is 4.79 Å². The number of Topliss-reactive ketones (excluding diaryl/α,β-unsaturated/α-hetero) is 1. The fraction of sp³-hybridized carbons (Fsp3) is 0.962. The van der Waals surface area contributed by atoms with Crippen molar-refractivity contribution in [2.75, 3.05) is 0 Å². The highest BCUT2D eigenvalue weighted by atomic mass is 16.1. The predicted molar refractivity (Wildman–Crippen MR) is 122 cm³/mol. The third-order valence-corrected chi connectivity index (χ3v) is 5.81. The maximum atomic E-state index is 10.9. The van der Waals surface area contributed by atoms with Crippen LogP contribution in [0.15, 0.2) is 0 Å². The van der Waals surface area contributed by atoms with E-state index in [0.29, 0.717) is 5.78 Å². The SMILES string of the molecule is CC(=O)CCCCCCCCCCCCCCCCCCCCCC(C)C. The zero-order valence-corrected chi connectivity index (χ0v) is 19.3. The van der Waals surface area contributed by atoms with Crippen LogP contribution in [0.1, 0.15) is 156 Å². The first-order valence-corrected chi connectivity index (χ1v) is 12.6. The van der Waals surface area contributed by atoms with E-state index in [1.165, 1.54) is 122 Å². The van der Waals surface area contributed by atoms with E-state index in [0.717, 1.165) is 18.8 Å². The van der Waals surface area contributed by atoms with Gasteiger partial charge >= 0.3 is 0 Å². The number of ketones is 1. The summed E-state index contributed by atoms with van der Waals surface area (Å²) in [4.78, 5) is 10.9. The molecule has 0 amide bonds. The second-order valence-electron chi connectivity index (χ2n) is 9.35. The van der Waals surface area contributed by atoms with Gasteiger partial charge in [-0.15, -0.1) is 0 Å². The van der Waals surface area contributed by atoms with Crippen LogP contribution in [0, 0.1) is 5.92 Å². The van der Waals surface area contributed by atoms with Crippen molar-refractivity contribution in [2.24, 2.45) is 5.92 Å². The van der Waals surface area contributed by atoms with Gasteiger partial charge in [0.1, 0.15) is 5.78 Å². The topological polar surface area (TPSA) is 17.1 Å². The monoisotopic (exact) mass is 380 g/mol. The molecule has 0 N–H and O–H groups in total. The lowest BCUT2D eigenvalue weighted by molar-refractivity contribution is -0.117. The summed E-state index contributed by atoms with van der Waals surface area (Å²) in [5.74, 6) is 1.24. The molecular weight excluding hydrogens is 328 g/mol. The summed E-state index contributed by atoms with van der Waals surface area (Å²) < 4.78 is 0. The summed E-state index contributed by atoms with van der Waals surface area (Å²) in [7, 11) is 0. The highest BCUT2D eigenvalue weighted by molar-refractivity contribution is 5.75. The van der Waals surface area contributed by atoms with Gasteiger partial charge in [0.15, 0.2) is 0 Å². The number of unbranched alkanes of at least 4 members (excludes halogenated alkanes) is 18. The van der Waals surface area contributed by atoms with E-state index < -0.39 is 0 Å². The lowest BCUT2D eigenvalue weighted by Gasteiger charge is -2.05. The Hall–Kier alpha value is -0.330. The van der Waals surface area contributed by atoms with Gasteiger partial charge in [-0.05, 0) is 19.3 Å². The third-order valence-electron chi connectivity index (χ3n) is 5.81. The van der Waals surface area contributed by atoms with Gasteiger partial charge in [0, 0.05) is 6.42 Å². The number of hydrogen-bond acceptors (Lipinski definition) is 1. The first kappa shape index (κ1) is 26.7. The molecule has 0 aliphatic carbocycles. The molecule has 0 aromatic carbocycles. The van der Waals surface area contributed by atoms with Crippen LogP contribution in [-0.2, 0) is 4.79 Å². The van der Waals surface area contributed by atoms with E-state index in [-0.39, 0.29) is 0 Å². The van der Waals surface area contributed by atoms with Gasteiger partial charge in [-0.25, -0.2) is 0 Å². The van der Waals surface area contributed by atoms with E-state index in [1.807, 2.05) is 0 Å². The van der Waals surface area contributed by atoms with E-state index in [1.54, 1.807) is 6.92 Å². The van der Waals surface area contributed by atoms with E-state index in [4.69, 9.17) is 0 Å². The number of carbonyl (C=O) groups excluding carboxylic acids is 1. The minimum absolute atomic E-state index is 0.350. The van der Waals surface area contributed by atoms with Gasteiger partial charge in [-0.2, -0.15) is 0 Å². The molecular formula is C26H52O. The van der Waals surface area contributed by atoms with Crippen molar-refractivity contribution in [1.29, 1.82) is 0 Å². The third kappa shape index (κ3) is 25.7. The highest BCUT2D eigenvalue weighted by Crippen LogP contribution is 2.15. The average Bonchev–Trinajstić information content (AvgIpc) is 2.62. The second kappa shape index (κ2) is 22.0. The van der Waals surface area contributed by atoms with E-state index >= 15 is 0 Å². The summed E-state index contributed by atoms with van der Waals surface area (Å²) in [6, 6.07) is 0. The van der Waals surface area contributed by atoms with Crippen molar-refractivity contribution < 1.29 is 4.79 Å². The quantitative estimate of drug-likeness (QED) is 0.171. The van der Waals surface area contributed by atoms with Crippen LogP contribution in [0.3, 0.4) is 0 Å². The summed E-state index contributed by atoms with van der Waals surface area (Å²) >= 11 is 0. The normalized spacial score (nSPS) is 11.4. The minimum Gasteiger partial charge on any atom is -0.300 e. The van der Waals surface area contributed by atoms with Crippen LogP contribution in [0.25, 0.3) is 0 Å². The molecule has 0 saturated heterocycles. The highest BCUT2D eigenvalue weighted by Gasteiger charge is 1.97. The zero-order valence-electron chi connectivity index (χ0n) is 19.3. The van der Waals surface area contributed by atoms with Crippen LogP contribution in [0.2, 0.25) is 0 Å². The van der Waals surface area contributed by atoms with Gasteiger partial charge in [-0.1, -0.05) is 136 Å². The summed E-state index contributed by atoms with van der Waals surface area (Å²) in [6.45, 7) is 6.38. The van der Waals surface area contributed by atoms with Gasteiger partial charge in [0.2, 0.25) is 0 Å². The molecule has 0 rings (SSSR count). The van der Waals surface area contributed by atoms with Crippen LogP contribution in [0.4, 0.5) is 0 Å². The first-order chi connectivity index (χ1) is 13.1. The fourth-order valence-electron chi connectivity index (χ4n) is 3.93. The second-order valence-corrected chi connectivity index (χ2v) is 9.35. The number of carbonyl (C=O) groups is 1. The predicted octanol–water partition coefficient (Wildman–Crippen LogP) is 9.42. The molecule has 0 atom stereocenters. The number of rotatable bonds is 22. The van der Waals surface area contributed by atoms with Crippen LogP contribution < -0.4 is 0 Å². The maximum absolute atomic E-state index is 10.9. The molecule has 0 heterocycles. The smallest absolute Gasteiger partial charge is 0.129 e. The van der Waals surface area contributed by atoms with Crippen LogP contribution >= 0.6 is 0 Å². The Kier molecular flexibility index (Phi) is 21.7. The molecule has 1 heteroatoms. The van der Waals surface area contributed by atoms with Crippen molar-refractivity contribution in [1.82, 2.24) is 0 Å². The largest absolute Gasteiger partial charge is 0.300 e. The molecule has 0 unspecified atom stereocenters. The molecule has 0 fully saturated rings. The molecule has 0 saturated carbocycles. The fourth-order valence-corrected chi connectivity index (χ4v) is 3.93. The minimum atomic E-state index is 0.350. The van der Waals surface area contributed by atoms with Crippen molar-refractivity contribution in [3.63, 3.8) is 0 Å². The molecule has 0 aliphatic rings. The molecule has 0 radical (unpaired) electrons. The molecule has 0 aromatic heterocycles. The van der Waals surface area contributed by atoms with Crippen molar-refractivity contribution >= 4 is 5.78 Å². The average molecular weight is 381 g/mol. The molecule has 0 aliphatic heterocycles. The zero-order chi connectivity index (χ0) is 20.0. The Balaban J connectivity index is 3.00. The molecule has 1 nitrogen and oxygen atoms in total. The summed E-state index contributed by atoms with van der Waals surface area (Å²) in [6.07, 6.45) is 29.0. The Morgan fingerprint density at radius 3 is 1.00 bits per heavy atom. The van der Waals surface area contributed by atoms with Gasteiger partial charge in [0.25, 0.3) is 0 Å². The molecule has 0 aromatic rings. The van der Waals surface area contributed by atoms with Gasteiger partial charge < -0.3 is 4.79 Å². The van der Waals surface area contributed by atoms with Gasteiger partial charge in [-0.3, -0.25) is 0 Å². The van der Waals surface area contributed by atoms with Crippen LogP contribution in [0.5, 0.6) is 0 Å². The summed E-state index contributed by atoms with van der Waals surface area (Å²) in [5, 5.41) is 0. The standard InChI is InChI=1S/C26H52O/c1-25(2)23-21-19-17-15-13-11-9-7-5-4-6-8-10-12-14-16-18-20-22-24-26(3)27/h25H,4-24H2,1-3H3. The first-order valence-electron chi connectivity index (χ1n) is 12.6. The Bertz CT molecular complexity index is 295. The Morgan fingerprint density at radius 1 is 0.481 bits per heavy atom. The Labute approximate surface area is 172 Å². The number of hydrogen-bond donors (Lipinski definition) is 0. The maximum Gasteiger partial charge on any atom is 0.129 e. The molecule has 27 heavy (non-hydrogen) atoms. The van der Waals surface area contributed by atoms with Crippen molar-refractivity contribution in [2.45, 2.75) is 156 Å². The molecule has 0 spiro atoms. The Morgan fingerprint density at radius 2 is 0.741 bits per heavy atom. The molecule has 162 valence electrons.